The number of hydrogen-bond donors (Lipinski definition) is 1. The van der Waals surface area contributed by atoms with Crippen molar-refractivity contribution in [3.8, 4) is 11.5 Å². The standard InChI is InChI=1S/C14H23NO3/c1-10(7-8-16-3)18-13-6-5-12(11(2)15)9-14(13)17-4/h5-6,9-11H,7-8,15H2,1-4H3/t10?,11-/m0/s1. The molecule has 1 aromatic carbocycles. The molecule has 0 heterocycles. The summed E-state index contributed by atoms with van der Waals surface area (Å²) in [6.07, 6.45) is 0.925. The fraction of sp³-hybridized carbons (Fsp3) is 0.571. The van der Waals surface area contributed by atoms with Crippen LogP contribution in [0.4, 0.5) is 0 Å². The molecule has 0 amide bonds. The van der Waals surface area contributed by atoms with Crippen molar-refractivity contribution in [1.82, 2.24) is 0 Å². The molecule has 0 saturated heterocycles. The summed E-state index contributed by atoms with van der Waals surface area (Å²) in [6, 6.07) is 5.77. The van der Waals surface area contributed by atoms with Crippen molar-refractivity contribution in [3.05, 3.63) is 23.8 Å². The maximum absolute atomic E-state index is 5.84. The van der Waals surface area contributed by atoms with Gasteiger partial charge in [0.1, 0.15) is 0 Å². The van der Waals surface area contributed by atoms with Crippen LogP contribution in [-0.2, 0) is 4.74 Å². The highest BCUT2D eigenvalue weighted by atomic mass is 16.5. The Labute approximate surface area is 109 Å². The molecule has 0 aliphatic rings. The quantitative estimate of drug-likeness (QED) is 0.811. The molecule has 0 aliphatic carbocycles. The van der Waals surface area contributed by atoms with Gasteiger partial charge < -0.3 is 19.9 Å². The van der Waals surface area contributed by atoms with Crippen LogP contribution < -0.4 is 15.2 Å². The average Bonchev–Trinajstić information content (AvgIpc) is 2.36. The predicted molar refractivity (Wildman–Crippen MR) is 72.2 cm³/mol. The summed E-state index contributed by atoms with van der Waals surface area (Å²) in [5, 5.41) is 0. The third kappa shape index (κ3) is 4.20. The summed E-state index contributed by atoms with van der Waals surface area (Å²) < 4.78 is 16.2. The summed E-state index contributed by atoms with van der Waals surface area (Å²) in [5.74, 6) is 1.46. The predicted octanol–water partition coefficient (Wildman–Crippen LogP) is 2.52. The molecule has 2 atom stereocenters. The van der Waals surface area contributed by atoms with Crippen molar-refractivity contribution >= 4 is 0 Å². The molecule has 0 aliphatic heterocycles. The number of benzene rings is 1. The lowest BCUT2D eigenvalue weighted by atomic mass is 10.1. The van der Waals surface area contributed by atoms with Crippen LogP contribution >= 0.6 is 0 Å². The minimum atomic E-state index is -0.0149. The molecule has 0 aromatic heterocycles. The lowest BCUT2D eigenvalue weighted by Crippen LogP contribution is -2.15. The van der Waals surface area contributed by atoms with Crippen LogP contribution in [0.3, 0.4) is 0 Å². The highest BCUT2D eigenvalue weighted by Gasteiger charge is 2.11. The Morgan fingerprint density at radius 1 is 1.17 bits per heavy atom. The normalized spacial score (nSPS) is 14.1. The van der Waals surface area contributed by atoms with E-state index in [-0.39, 0.29) is 12.1 Å². The summed E-state index contributed by atoms with van der Waals surface area (Å²) in [4.78, 5) is 0. The van der Waals surface area contributed by atoms with Gasteiger partial charge in [0.2, 0.25) is 0 Å². The van der Waals surface area contributed by atoms with Gasteiger partial charge in [0, 0.05) is 26.2 Å². The van der Waals surface area contributed by atoms with Crippen LogP contribution in [-0.4, -0.2) is 26.9 Å². The Morgan fingerprint density at radius 2 is 1.89 bits per heavy atom. The summed E-state index contributed by atoms with van der Waals surface area (Å²) in [6.45, 7) is 4.63. The van der Waals surface area contributed by atoms with Crippen LogP contribution in [0.2, 0.25) is 0 Å². The molecule has 4 nitrogen and oxygen atoms in total. The van der Waals surface area contributed by atoms with Crippen molar-refractivity contribution in [2.75, 3.05) is 20.8 Å². The van der Waals surface area contributed by atoms with Crippen LogP contribution in [0.25, 0.3) is 0 Å². The first-order chi connectivity index (χ1) is 8.58. The van der Waals surface area contributed by atoms with Gasteiger partial charge >= 0.3 is 0 Å². The Bertz CT molecular complexity index is 366. The summed E-state index contributed by atoms with van der Waals surface area (Å²) in [5.41, 5.74) is 6.87. The van der Waals surface area contributed by atoms with Crippen molar-refractivity contribution in [3.63, 3.8) is 0 Å². The third-order valence-electron chi connectivity index (χ3n) is 2.77. The van der Waals surface area contributed by atoms with E-state index < -0.39 is 0 Å². The third-order valence-corrected chi connectivity index (χ3v) is 2.77. The summed E-state index contributed by atoms with van der Waals surface area (Å²) >= 11 is 0. The molecule has 18 heavy (non-hydrogen) atoms. The first-order valence-electron chi connectivity index (χ1n) is 6.17. The second kappa shape index (κ2) is 7.24. The first-order valence-corrected chi connectivity index (χ1v) is 6.17. The Kier molecular flexibility index (Phi) is 5.95. The van der Waals surface area contributed by atoms with E-state index in [0.717, 1.165) is 17.7 Å². The van der Waals surface area contributed by atoms with E-state index in [0.29, 0.717) is 12.4 Å². The maximum Gasteiger partial charge on any atom is 0.161 e. The first kappa shape index (κ1) is 14.8. The zero-order valence-electron chi connectivity index (χ0n) is 11.6. The number of rotatable bonds is 7. The van der Waals surface area contributed by atoms with Gasteiger partial charge in [0.25, 0.3) is 0 Å². The van der Waals surface area contributed by atoms with Gasteiger partial charge in [-0.2, -0.15) is 0 Å². The molecular weight excluding hydrogens is 230 g/mol. The van der Waals surface area contributed by atoms with Gasteiger partial charge in [0.15, 0.2) is 11.5 Å². The average molecular weight is 253 g/mol. The van der Waals surface area contributed by atoms with Crippen molar-refractivity contribution < 1.29 is 14.2 Å². The van der Waals surface area contributed by atoms with Crippen LogP contribution in [0, 0.1) is 0 Å². The van der Waals surface area contributed by atoms with Gasteiger partial charge in [-0.05, 0) is 31.5 Å². The molecule has 0 saturated carbocycles. The molecule has 1 rings (SSSR count). The fourth-order valence-electron chi connectivity index (χ4n) is 1.62. The zero-order chi connectivity index (χ0) is 13.5. The van der Waals surface area contributed by atoms with Crippen molar-refractivity contribution in [2.24, 2.45) is 5.73 Å². The number of methoxy groups -OCH3 is 2. The van der Waals surface area contributed by atoms with Crippen molar-refractivity contribution in [1.29, 1.82) is 0 Å². The van der Waals surface area contributed by atoms with Crippen molar-refractivity contribution in [2.45, 2.75) is 32.4 Å². The largest absolute Gasteiger partial charge is 0.493 e. The lowest BCUT2D eigenvalue weighted by Gasteiger charge is -2.18. The molecule has 1 aromatic rings. The molecule has 4 heteroatoms. The second-order valence-electron chi connectivity index (χ2n) is 4.41. The number of nitrogens with two attached hydrogens (primary N) is 1. The van der Waals surface area contributed by atoms with E-state index >= 15 is 0 Å². The van der Waals surface area contributed by atoms with E-state index in [9.17, 15) is 0 Å². The Morgan fingerprint density at radius 3 is 2.44 bits per heavy atom. The van der Waals surface area contributed by atoms with Gasteiger partial charge in [-0.1, -0.05) is 6.07 Å². The van der Waals surface area contributed by atoms with E-state index in [1.54, 1.807) is 14.2 Å². The fourth-order valence-corrected chi connectivity index (χ4v) is 1.62. The molecule has 0 radical (unpaired) electrons. The molecule has 0 bridgehead atoms. The van der Waals surface area contributed by atoms with E-state index in [2.05, 4.69) is 0 Å². The topological polar surface area (TPSA) is 53.7 Å². The van der Waals surface area contributed by atoms with E-state index in [4.69, 9.17) is 19.9 Å². The van der Waals surface area contributed by atoms with Gasteiger partial charge in [-0.25, -0.2) is 0 Å². The number of ether oxygens (including phenoxy) is 3. The molecule has 1 unspecified atom stereocenters. The van der Waals surface area contributed by atoms with Crippen LogP contribution in [0.5, 0.6) is 11.5 Å². The highest BCUT2D eigenvalue weighted by molar-refractivity contribution is 5.43. The van der Waals surface area contributed by atoms with Gasteiger partial charge in [-0.15, -0.1) is 0 Å². The molecule has 102 valence electrons. The monoisotopic (exact) mass is 253 g/mol. The highest BCUT2D eigenvalue weighted by Crippen LogP contribution is 2.30. The Hall–Kier alpha value is -1.26. The van der Waals surface area contributed by atoms with Crippen LogP contribution in [0.1, 0.15) is 31.9 Å². The number of hydrogen-bond acceptors (Lipinski definition) is 4. The van der Waals surface area contributed by atoms with Gasteiger partial charge in [-0.3, -0.25) is 0 Å². The van der Waals surface area contributed by atoms with E-state index in [1.165, 1.54) is 0 Å². The van der Waals surface area contributed by atoms with E-state index in [1.807, 2.05) is 32.0 Å². The SMILES string of the molecule is COCCC(C)Oc1ccc([C@H](C)N)cc1OC. The minimum absolute atomic E-state index is 0.0149. The van der Waals surface area contributed by atoms with Gasteiger partial charge in [0.05, 0.1) is 13.2 Å². The minimum Gasteiger partial charge on any atom is -0.493 e. The zero-order valence-corrected chi connectivity index (χ0v) is 11.6. The lowest BCUT2D eigenvalue weighted by molar-refractivity contribution is 0.132. The molecular formula is C14H23NO3. The Balaban J connectivity index is 2.76. The molecule has 2 N–H and O–H groups in total. The molecule has 0 spiro atoms. The maximum atomic E-state index is 5.84. The smallest absolute Gasteiger partial charge is 0.161 e. The summed E-state index contributed by atoms with van der Waals surface area (Å²) in [7, 11) is 3.32. The molecule has 0 fully saturated rings. The second-order valence-corrected chi connectivity index (χ2v) is 4.41. The van der Waals surface area contributed by atoms with Crippen LogP contribution in [0.15, 0.2) is 18.2 Å².